The predicted molar refractivity (Wildman–Crippen MR) is 84.6 cm³/mol. The molecule has 0 radical (unpaired) electrons. The normalized spacial score (nSPS) is 11.6. The Morgan fingerprint density at radius 1 is 1.17 bits per heavy atom. The summed E-state index contributed by atoms with van der Waals surface area (Å²) < 4.78 is 18.4. The fourth-order valence-corrected chi connectivity index (χ4v) is 2.29. The summed E-state index contributed by atoms with van der Waals surface area (Å²) in [5.41, 5.74) is 1.83. The van der Waals surface area contributed by atoms with E-state index in [9.17, 15) is 14.0 Å². The SMILES string of the molecule is COC(=O)[C@@H](Cc1cccc(C)c1)NC(=O)c1ccccc1F. The summed E-state index contributed by atoms with van der Waals surface area (Å²) in [6.45, 7) is 1.94. The molecule has 0 heterocycles. The van der Waals surface area contributed by atoms with Crippen molar-refractivity contribution < 1.29 is 18.7 Å². The third-order valence-corrected chi connectivity index (χ3v) is 3.43. The van der Waals surface area contributed by atoms with E-state index in [1.54, 1.807) is 6.07 Å². The number of methoxy groups -OCH3 is 1. The summed E-state index contributed by atoms with van der Waals surface area (Å²) in [4.78, 5) is 24.1. The van der Waals surface area contributed by atoms with Crippen LogP contribution in [0.4, 0.5) is 4.39 Å². The highest BCUT2D eigenvalue weighted by Crippen LogP contribution is 2.10. The number of benzene rings is 2. The number of amides is 1. The Labute approximate surface area is 134 Å². The van der Waals surface area contributed by atoms with E-state index in [4.69, 9.17) is 4.74 Å². The van der Waals surface area contributed by atoms with Crippen molar-refractivity contribution in [2.24, 2.45) is 0 Å². The van der Waals surface area contributed by atoms with Crippen molar-refractivity contribution in [3.63, 3.8) is 0 Å². The van der Waals surface area contributed by atoms with Gasteiger partial charge in [-0.15, -0.1) is 0 Å². The Morgan fingerprint density at radius 3 is 2.57 bits per heavy atom. The number of carbonyl (C=O) groups is 2. The van der Waals surface area contributed by atoms with Gasteiger partial charge < -0.3 is 10.1 Å². The van der Waals surface area contributed by atoms with E-state index >= 15 is 0 Å². The highest BCUT2D eigenvalue weighted by Gasteiger charge is 2.23. The van der Waals surface area contributed by atoms with Gasteiger partial charge >= 0.3 is 5.97 Å². The lowest BCUT2D eigenvalue weighted by atomic mass is 10.0. The van der Waals surface area contributed by atoms with E-state index in [0.717, 1.165) is 11.1 Å². The van der Waals surface area contributed by atoms with Crippen molar-refractivity contribution in [3.8, 4) is 0 Å². The van der Waals surface area contributed by atoms with Crippen molar-refractivity contribution in [1.82, 2.24) is 5.32 Å². The zero-order valence-electron chi connectivity index (χ0n) is 13.0. The van der Waals surface area contributed by atoms with Crippen LogP contribution in [0.3, 0.4) is 0 Å². The summed E-state index contributed by atoms with van der Waals surface area (Å²) >= 11 is 0. The van der Waals surface area contributed by atoms with Gasteiger partial charge in [0, 0.05) is 6.42 Å². The number of hydrogen-bond acceptors (Lipinski definition) is 3. The van der Waals surface area contributed by atoms with Crippen molar-refractivity contribution in [2.75, 3.05) is 7.11 Å². The molecule has 0 saturated carbocycles. The second-order valence-electron chi connectivity index (χ2n) is 5.22. The van der Waals surface area contributed by atoms with Crippen molar-refractivity contribution in [3.05, 3.63) is 71.0 Å². The Balaban J connectivity index is 2.17. The molecule has 1 atom stereocenters. The molecular formula is C18H18FNO3. The third-order valence-electron chi connectivity index (χ3n) is 3.43. The molecule has 1 N–H and O–H groups in total. The van der Waals surface area contributed by atoms with Gasteiger partial charge in [0.25, 0.3) is 5.91 Å². The molecule has 1 amide bonds. The number of esters is 1. The molecule has 2 rings (SSSR count). The molecule has 2 aromatic carbocycles. The molecule has 0 bridgehead atoms. The van der Waals surface area contributed by atoms with Gasteiger partial charge in [-0.2, -0.15) is 0 Å². The average molecular weight is 315 g/mol. The van der Waals surface area contributed by atoms with E-state index in [0.29, 0.717) is 0 Å². The monoisotopic (exact) mass is 315 g/mol. The number of halogens is 1. The van der Waals surface area contributed by atoms with Crippen molar-refractivity contribution in [1.29, 1.82) is 0 Å². The minimum atomic E-state index is -0.881. The minimum absolute atomic E-state index is 0.106. The molecule has 0 unspecified atom stereocenters. The van der Waals surface area contributed by atoms with Crippen LogP contribution in [0.2, 0.25) is 0 Å². The maximum atomic E-state index is 13.7. The maximum Gasteiger partial charge on any atom is 0.328 e. The lowest BCUT2D eigenvalue weighted by Crippen LogP contribution is -2.43. The van der Waals surface area contributed by atoms with E-state index in [1.807, 2.05) is 31.2 Å². The number of hydrogen-bond donors (Lipinski definition) is 1. The van der Waals surface area contributed by atoms with Crippen LogP contribution in [-0.2, 0) is 16.0 Å². The molecule has 0 aliphatic carbocycles. The van der Waals surface area contributed by atoms with Gasteiger partial charge in [-0.1, -0.05) is 42.0 Å². The van der Waals surface area contributed by atoms with Gasteiger partial charge in [0.2, 0.25) is 0 Å². The van der Waals surface area contributed by atoms with E-state index in [1.165, 1.54) is 25.3 Å². The number of rotatable bonds is 5. The lowest BCUT2D eigenvalue weighted by molar-refractivity contribution is -0.142. The summed E-state index contributed by atoms with van der Waals surface area (Å²) in [5, 5.41) is 2.54. The molecule has 23 heavy (non-hydrogen) atoms. The molecule has 5 heteroatoms. The van der Waals surface area contributed by atoms with Crippen LogP contribution >= 0.6 is 0 Å². The molecule has 4 nitrogen and oxygen atoms in total. The Kier molecular flexibility index (Phi) is 5.46. The number of aryl methyl sites for hydroxylation is 1. The summed E-state index contributed by atoms with van der Waals surface area (Å²) in [6, 6.07) is 12.3. The zero-order valence-corrected chi connectivity index (χ0v) is 13.0. The first-order chi connectivity index (χ1) is 11.0. The summed E-state index contributed by atoms with van der Waals surface area (Å²) in [7, 11) is 1.25. The Morgan fingerprint density at radius 2 is 1.91 bits per heavy atom. The van der Waals surface area contributed by atoms with Gasteiger partial charge in [-0.3, -0.25) is 4.79 Å². The Bertz CT molecular complexity index is 715. The van der Waals surface area contributed by atoms with Gasteiger partial charge in [-0.25, -0.2) is 9.18 Å². The largest absolute Gasteiger partial charge is 0.467 e. The molecule has 0 aliphatic heterocycles. The lowest BCUT2D eigenvalue weighted by Gasteiger charge is -2.17. The molecule has 0 aromatic heterocycles. The van der Waals surface area contributed by atoms with Gasteiger partial charge in [0.05, 0.1) is 12.7 Å². The smallest absolute Gasteiger partial charge is 0.328 e. The molecular weight excluding hydrogens is 297 g/mol. The van der Waals surface area contributed by atoms with Gasteiger partial charge in [-0.05, 0) is 24.6 Å². The fourth-order valence-electron chi connectivity index (χ4n) is 2.29. The van der Waals surface area contributed by atoms with Crippen LogP contribution in [0, 0.1) is 12.7 Å². The quantitative estimate of drug-likeness (QED) is 0.863. The van der Waals surface area contributed by atoms with Crippen molar-refractivity contribution in [2.45, 2.75) is 19.4 Å². The van der Waals surface area contributed by atoms with Gasteiger partial charge in [0.15, 0.2) is 0 Å². The number of ether oxygens (including phenoxy) is 1. The first-order valence-corrected chi connectivity index (χ1v) is 7.20. The van der Waals surface area contributed by atoms with Crippen LogP contribution in [0.5, 0.6) is 0 Å². The number of nitrogens with one attached hydrogen (secondary N) is 1. The Hall–Kier alpha value is -2.69. The topological polar surface area (TPSA) is 55.4 Å². The zero-order chi connectivity index (χ0) is 16.8. The molecule has 120 valence electrons. The fraction of sp³-hybridized carbons (Fsp3) is 0.222. The first-order valence-electron chi connectivity index (χ1n) is 7.20. The molecule has 0 aliphatic rings. The molecule has 0 spiro atoms. The summed E-state index contributed by atoms with van der Waals surface area (Å²) in [6.07, 6.45) is 0.272. The van der Waals surface area contributed by atoms with Crippen LogP contribution < -0.4 is 5.32 Å². The molecule has 0 fully saturated rings. The second-order valence-corrected chi connectivity index (χ2v) is 5.22. The highest BCUT2D eigenvalue weighted by atomic mass is 19.1. The van der Waals surface area contributed by atoms with E-state index < -0.39 is 23.7 Å². The second kappa shape index (κ2) is 7.54. The van der Waals surface area contributed by atoms with Crippen molar-refractivity contribution >= 4 is 11.9 Å². The number of carbonyl (C=O) groups excluding carboxylic acids is 2. The maximum absolute atomic E-state index is 13.7. The minimum Gasteiger partial charge on any atom is -0.467 e. The molecule has 0 saturated heterocycles. The third kappa shape index (κ3) is 4.39. The predicted octanol–water partition coefficient (Wildman–Crippen LogP) is 2.65. The highest BCUT2D eigenvalue weighted by molar-refractivity contribution is 5.97. The van der Waals surface area contributed by atoms with Crippen LogP contribution in [0.1, 0.15) is 21.5 Å². The molecule has 2 aromatic rings. The van der Waals surface area contributed by atoms with E-state index in [2.05, 4.69) is 5.32 Å². The van der Waals surface area contributed by atoms with Crippen LogP contribution in [0.25, 0.3) is 0 Å². The van der Waals surface area contributed by atoms with E-state index in [-0.39, 0.29) is 12.0 Å². The summed E-state index contributed by atoms with van der Waals surface area (Å²) in [5.74, 6) is -1.86. The van der Waals surface area contributed by atoms with Crippen LogP contribution in [-0.4, -0.2) is 25.0 Å². The average Bonchev–Trinajstić information content (AvgIpc) is 2.54. The van der Waals surface area contributed by atoms with Gasteiger partial charge in [0.1, 0.15) is 11.9 Å². The first kappa shape index (κ1) is 16.7. The standard InChI is InChI=1S/C18H18FNO3/c1-12-6-5-7-13(10-12)11-16(18(22)23-2)20-17(21)14-8-3-4-9-15(14)19/h3-10,16H,11H2,1-2H3,(H,20,21)/t16-/m1/s1. The van der Waals surface area contributed by atoms with Crippen LogP contribution in [0.15, 0.2) is 48.5 Å².